The van der Waals surface area contributed by atoms with Crippen molar-refractivity contribution < 1.29 is 9.53 Å². The molecule has 1 aromatic rings. The van der Waals surface area contributed by atoms with Gasteiger partial charge in [0.05, 0.1) is 12.5 Å². The van der Waals surface area contributed by atoms with Crippen LogP contribution in [0.4, 0.5) is 0 Å². The lowest BCUT2D eigenvalue weighted by Crippen LogP contribution is -2.28. The molecule has 0 radical (unpaired) electrons. The Balaban J connectivity index is 2.73. The Morgan fingerprint density at radius 2 is 2.24 bits per heavy atom. The highest BCUT2D eigenvalue weighted by Gasteiger charge is 2.29. The van der Waals surface area contributed by atoms with Crippen molar-refractivity contribution in [2.45, 2.75) is 32.5 Å². The number of hydrogen-bond acceptors (Lipinski definition) is 5. The fourth-order valence-corrected chi connectivity index (χ4v) is 2.36. The molecule has 6 nitrogen and oxygen atoms in total. The molecule has 0 atom stereocenters. The summed E-state index contributed by atoms with van der Waals surface area (Å²) in [4.78, 5) is 22.8. The van der Waals surface area contributed by atoms with E-state index in [4.69, 9.17) is 4.74 Å². The minimum absolute atomic E-state index is 0.231. The predicted octanol–water partition coefficient (Wildman–Crippen LogP) is 0.883. The van der Waals surface area contributed by atoms with E-state index in [1.165, 1.54) is 23.4 Å². The van der Waals surface area contributed by atoms with Gasteiger partial charge in [0.2, 0.25) is 0 Å². The summed E-state index contributed by atoms with van der Waals surface area (Å²) in [5, 5.41) is 6.89. The smallest absolute Gasteiger partial charge is 0.343 e. The first-order chi connectivity index (χ1) is 7.92. The van der Waals surface area contributed by atoms with Crippen LogP contribution in [0.25, 0.3) is 0 Å². The molecule has 0 fully saturated rings. The molecule has 0 amide bonds. The van der Waals surface area contributed by atoms with Crippen molar-refractivity contribution in [3.63, 3.8) is 0 Å². The monoisotopic (exact) mass is 259 g/mol. The van der Waals surface area contributed by atoms with Crippen molar-refractivity contribution in [2.24, 2.45) is 5.41 Å². The largest absolute Gasteiger partial charge is 0.469 e. The Morgan fingerprint density at radius 3 is 2.76 bits per heavy atom. The van der Waals surface area contributed by atoms with E-state index in [0.29, 0.717) is 17.5 Å². The number of hydrogen-bond donors (Lipinski definition) is 1. The van der Waals surface area contributed by atoms with Crippen molar-refractivity contribution in [1.82, 2.24) is 14.8 Å². The Morgan fingerprint density at radius 1 is 1.59 bits per heavy atom. The van der Waals surface area contributed by atoms with Gasteiger partial charge in [0.15, 0.2) is 5.16 Å². The summed E-state index contributed by atoms with van der Waals surface area (Å²) in [6.45, 7) is 6.02. The zero-order valence-electron chi connectivity index (χ0n) is 10.4. The molecule has 0 spiro atoms. The van der Waals surface area contributed by atoms with Crippen LogP contribution in [0.1, 0.15) is 20.8 Å². The Kier molecular flexibility index (Phi) is 4.39. The van der Waals surface area contributed by atoms with E-state index in [0.717, 1.165) is 0 Å². The molecule has 7 heteroatoms. The third kappa shape index (κ3) is 3.12. The van der Waals surface area contributed by atoms with E-state index >= 15 is 0 Å². The number of esters is 1. The molecule has 0 unspecified atom stereocenters. The van der Waals surface area contributed by atoms with Gasteiger partial charge in [0, 0.05) is 12.3 Å². The Labute approximate surface area is 104 Å². The summed E-state index contributed by atoms with van der Waals surface area (Å²) in [5.41, 5.74) is -0.835. The zero-order valence-corrected chi connectivity index (χ0v) is 11.3. The van der Waals surface area contributed by atoms with E-state index in [-0.39, 0.29) is 11.7 Å². The van der Waals surface area contributed by atoms with Crippen molar-refractivity contribution in [1.29, 1.82) is 0 Å². The minimum atomic E-state index is -0.604. The first-order valence-electron chi connectivity index (χ1n) is 5.28. The van der Waals surface area contributed by atoms with Crippen molar-refractivity contribution in [3.8, 4) is 0 Å². The lowest BCUT2D eigenvalue weighted by molar-refractivity contribution is -0.149. The highest BCUT2D eigenvalue weighted by Crippen LogP contribution is 2.26. The normalized spacial score (nSPS) is 11.5. The number of nitrogens with zero attached hydrogens (tertiary/aromatic N) is 2. The van der Waals surface area contributed by atoms with Crippen molar-refractivity contribution >= 4 is 17.7 Å². The molecule has 0 aromatic carbocycles. The van der Waals surface area contributed by atoms with Gasteiger partial charge in [0.1, 0.15) is 0 Å². The first kappa shape index (κ1) is 13.8. The highest BCUT2D eigenvalue weighted by molar-refractivity contribution is 7.99. The fraction of sp³-hybridized carbons (Fsp3) is 0.700. The molecule has 1 rings (SSSR count). The average Bonchev–Trinajstić information content (AvgIpc) is 2.66. The molecule has 0 aliphatic heterocycles. The predicted molar refractivity (Wildman–Crippen MR) is 65.0 cm³/mol. The highest BCUT2D eigenvalue weighted by atomic mass is 32.2. The van der Waals surface area contributed by atoms with Crippen LogP contribution in [0.15, 0.2) is 9.95 Å². The fourth-order valence-electron chi connectivity index (χ4n) is 1.27. The zero-order chi connectivity index (χ0) is 13.1. The van der Waals surface area contributed by atoms with Crippen LogP contribution in [0.5, 0.6) is 0 Å². The molecule has 96 valence electrons. The van der Waals surface area contributed by atoms with Crippen LogP contribution >= 0.6 is 11.8 Å². The van der Waals surface area contributed by atoms with Crippen molar-refractivity contribution in [3.05, 3.63) is 10.5 Å². The number of ether oxygens (including phenoxy) is 1. The number of nitrogens with one attached hydrogen (secondary N) is 1. The van der Waals surface area contributed by atoms with Crippen molar-refractivity contribution in [2.75, 3.05) is 12.9 Å². The van der Waals surface area contributed by atoms with E-state index in [9.17, 15) is 9.59 Å². The maximum Gasteiger partial charge on any atom is 0.343 e. The molecular weight excluding hydrogens is 242 g/mol. The summed E-state index contributed by atoms with van der Waals surface area (Å²) in [6.07, 6.45) is 0. The number of thioether (sulfide) groups is 1. The number of methoxy groups -OCH3 is 1. The number of aromatic amines is 1. The molecule has 1 heterocycles. The van der Waals surface area contributed by atoms with Gasteiger partial charge in [-0.05, 0) is 20.8 Å². The van der Waals surface area contributed by atoms with E-state index in [1.54, 1.807) is 13.8 Å². The van der Waals surface area contributed by atoms with Gasteiger partial charge in [-0.1, -0.05) is 11.8 Å². The van der Waals surface area contributed by atoms with Gasteiger partial charge in [0.25, 0.3) is 0 Å². The van der Waals surface area contributed by atoms with Gasteiger partial charge >= 0.3 is 11.7 Å². The molecule has 1 aromatic heterocycles. The Bertz CT molecular complexity index is 450. The number of rotatable bonds is 5. The lowest BCUT2D eigenvalue weighted by atomic mass is 9.97. The topological polar surface area (TPSA) is 77.0 Å². The summed E-state index contributed by atoms with van der Waals surface area (Å²) < 4.78 is 6.24. The maximum atomic E-state index is 11.5. The standard InChI is InChI=1S/C10H17N3O3S/c1-5-13-8(15)11-12-9(13)17-6-10(2,3)7(14)16-4/h5-6H2,1-4H3,(H,11,15). The molecular formula is C10H17N3O3S. The minimum Gasteiger partial charge on any atom is -0.469 e. The van der Waals surface area contributed by atoms with Crippen LogP contribution < -0.4 is 5.69 Å². The second-order valence-electron chi connectivity index (χ2n) is 4.22. The molecule has 0 saturated heterocycles. The quantitative estimate of drug-likeness (QED) is 0.627. The van der Waals surface area contributed by atoms with Gasteiger partial charge in [-0.3, -0.25) is 9.36 Å². The van der Waals surface area contributed by atoms with Crippen LogP contribution in [-0.2, 0) is 16.1 Å². The number of aromatic nitrogens is 3. The first-order valence-corrected chi connectivity index (χ1v) is 6.27. The van der Waals surface area contributed by atoms with Crippen LogP contribution in [0.2, 0.25) is 0 Å². The van der Waals surface area contributed by atoms with Crippen LogP contribution in [0.3, 0.4) is 0 Å². The summed E-state index contributed by atoms with van der Waals surface area (Å²) in [7, 11) is 1.37. The molecule has 0 bridgehead atoms. The number of H-pyrrole nitrogens is 1. The van der Waals surface area contributed by atoms with E-state index < -0.39 is 5.41 Å². The third-order valence-corrected chi connectivity index (χ3v) is 3.78. The molecule has 17 heavy (non-hydrogen) atoms. The summed E-state index contributed by atoms with van der Waals surface area (Å²) >= 11 is 1.36. The van der Waals surface area contributed by atoms with Crippen LogP contribution in [0, 0.1) is 5.41 Å². The maximum absolute atomic E-state index is 11.5. The number of carbonyl (C=O) groups excluding carboxylic acids is 1. The lowest BCUT2D eigenvalue weighted by Gasteiger charge is -2.20. The third-order valence-electron chi connectivity index (χ3n) is 2.34. The molecule has 1 N–H and O–H groups in total. The Hall–Kier alpha value is -1.24. The number of carbonyl (C=O) groups is 1. The molecule has 0 aliphatic rings. The van der Waals surface area contributed by atoms with Crippen LogP contribution in [-0.4, -0.2) is 33.6 Å². The van der Waals surface area contributed by atoms with Gasteiger partial charge in [-0.25, -0.2) is 9.89 Å². The van der Waals surface area contributed by atoms with E-state index in [1.807, 2.05) is 6.92 Å². The van der Waals surface area contributed by atoms with Gasteiger partial charge < -0.3 is 4.74 Å². The second kappa shape index (κ2) is 5.39. The van der Waals surface area contributed by atoms with Gasteiger partial charge in [-0.2, -0.15) is 0 Å². The molecule has 0 aliphatic carbocycles. The summed E-state index contributed by atoms with van der Waals surface area (Å²) in [5.74, 6) is 0.232. The average molecular weight is 259 g/mol. The van der Waals surface area contributed by atoms with E-state index in [2.05, 4.69) is 10.2 Å². The SMILES string of the molecule is CCn1c(SCC(C)(C)C(=O)OC)n[nH]c1=O. The van der Waals surface area contributed by atoms with Gasteiger partial charge in [-0.15, -0.1) is 5.10 Å². The summed E-state index contributed by atoms with van der Waals surface area (Å²) in [6, 6.07) is 0. The second-order valence-corrected chi connectivity index (χ2v) is 5.16. The molecule has 0 saturated carbocycles.